The highest BCUT2D eigenvalue weighted by Crippen LogP contribution is 2.13. The average Bonchev–Trinajstić information content (AvgIpc) is 3.35. The molecule has 0 aromatic heterocycles. The van der Waals surface area contributed by atoms with Crippen LogP contribution in [0.5, 0.6) is 0 Å². The van der Waals surface area contributed by atoms with Gasteiger partial charge in [0.2, 0.25) is 0 Å². The van der Waals surface area contributed by atoms with E-state index in [9.17, 15) is 14.4 Å². The number of hydrogen-bond acceptors (Lipinski definition) is 6. The van der Waals surface area contributed by atoms with E-state index in [4.69, 9.17) is 14.2 Å². The Hall–Kier alpha value is -3.93. The molecule has 1 atom stereocenters. The van der Waals surface area contributed by atoms with Crippen molar-refractivity contribution >= 4 is 17.9 Å². The van der Waals surface area contributed by atoms with Gasteiger partial charge in [-0.25, -0.2) is 0 Å². The third-order valence-electron chi connectivity index (χ3n) is 11.7. The van der Waals surface area contributed by atoms with Gasteiger partial charge in [0, 0.05) is 19.3 Å². The van der Waals surface area contributed by atoms with Gasteiger partial charge >= 0.3 is 17.9 Å². The molecule has 0 heterocycles. The second kappa shape index (κ2) is 56.7. The minimum Gasteiger partial charge on any atom is -0.462 e. The highest BCUT2D eigenvalue weighted by Gasteiger charge is 2.19. The van der Waals surface area contributed by atoms with E-state index in [1.54, 1.807) is 0 Å². The van der Waals surface area contributed by atoms with Crippen LogP contribution < -0.4 is 0 Å². The fourth-order valence-electron chi connectivity index (χ4n) is 7.47. The lowest BCUT2D eigenvalue weighted by molar-refractivity contribution is -0.167. The van der Waals surface area contributed by atoms with Gasteiger partial charge < -0.3 is 14.2 Å². The topological polar surface area (TPSA) is 78.9 Å². The van der Waals surface area contributed by atoms with Crippen LogP contribution in [0.25, 0.3) is 0 Å². The molecule has 6 nitrogen and oxygen atoms in total. The highest BCUT2D eigenvalue weighted by molar-refractivity contribution is 5.71. The lowest BCUT2D eigenvalue weighted by Crippen LogP contribution is -2.30. The maximum absolute atomic E-state index is 12.8. The second-order valence-corrected chi connectivity index (χ2v) is 18.5. The third kappa shape index (κ3) is 54.9. The van der Waals surface area contributed by atoms with E-state index in [0.29, 0.717) is 19.3 Å². The first-order chi connectivity index (χ1) is 34.0. The summed E-state index contributed by atoms with van der Waals surface area (Å²) in [5.41, 5.74) is 0. The van der Waals surface area contributed by atoms with Crippen molar-refractivity contribution in [3.8, 4) is 0 Å². The zero-order valence-corrected chi connectivity index (χ0v) is 44.8. The quantitative estimate of drug-likeness (QED) is 0.0262. The summed E-state index contributed by atoms with van der Waals surface area (Å²) in [7, 11) is 0. The number of carbonyl (C=O) groups is 3. The van der Waals surface area contributed by atoms with Crippen molar-refractivity contribution in [2.75, 3.05) is 13.2 Å². The van der Waals surface area contributed by atoms with Gasteiger partial charge in [-0.3, -0.25) is 14.4 Å². The van der Waals surface area contributed by atoms with Crippen molar-refractivity contribution in [1.29, 1.82) is 0 Å². The number of ether oxygens (including phenoxy) is 3. The number of rotatable bonds is 50. The molecule has 0 bridgehead atoms. The van der Waals surface area contributed by atoms with Gasteiger partial charge in [-0.2, -0.15) is 0 Å². The summed E-state index contributed by atoms with van der Waals surface area (Å²) in [6, 6.07) is 0. The van der Waals surface area contributed by atoms with Crippen LogP contribution in [0.2, 0.25) is 0 Å². The van der Waals surface area contributed by atoms with Gasteiger partial charge in [0.25, 0.3) is 0 Å². The molecule has 6 heteroatoms. The van der Waals surface area contributed by atoms with Gasteiger partial charge in [0.05, 0.1) is 0 Å². The normalized spacial score (nSPS) is 12.9. The summed E-state index contributed by atoms with van der Waals surface area (Å²) in [4.78, 5) is 38.1. The Balaban J connectivity index is 4.51. The molecule has 0 unspecified atom stereocenters. The van der Waals surface area contributed by atoms with Crippen LogP contribution in [-0.4, -0.2) is 37.2 Å². The molecule has 0 spiro atoms. The first-order valence-corrected chi connectivity index (χ1v) is 28.4. The molecule has 0 N–H and O–H groups in total. The van der Waals surface area contributed by atoms with Crippen molar-refractivity contribution < 1.29 is 28.6 Å². The molecule has 0 fully saturated rings. The summed E-state index contributed by atoms with van der Waals surface area (Å²) in [6.45, 7) is 6.43. The molecular weight excluding hydrogens is 853 g/mol. The molecule has 0 aliphatic heterocycles. The minimum absolute atomic E-state index is 0.109. The molecule has 0 aliphatic carbocycles. The van der Waals surface area contributed by atoms with Crippen molar-refractivity contribution in [3.63, 3.8) is 0 Å². The molecule has 0 aromatic rings. The first-order valence-electron chi connectivity index (χ1n) is 28.4. The summed E-state index contributed by atoms with van der Waals surface area (Å²) >= 11 is 0. The number of carbonyl (C=O) groups excluding carboxylic acids is 3. The van der Waals surface area contributed by atoms with E-state index in [1.807, 2.05) is 0 Å². The largest absolute Gasteiger partial charge is 0.462 e. The predicted octanol–water partition coefficient (Wildman–Crippen LogP) is 19.1. The maximum Gasteiger partial charge on any atom is 0.306 e. The van der Waals surface area contributed by atoms with Crippen LogP contribution in [-0.2, 0) is 28.6 Å². The zero-order chi connectivity index (χ0) is 50.0. The maximum atomic E-state index is 12.8. The molecule has 0 aromatic carbocycles. The molecular formula is C63H104O6. The van der Waals surface area contributed by atoms with E-state index >= 15 is 0 Å². The predicted molar refractivity (Wildman–Crippen MR) is 297 cm³/mol. The minimum atomic E-state index is -0.817. The summed E-state index contributed by atoms with van der Waals surface area (Å²) < 4.78 is 16.8. The van der Waals surface area contributed by atoms with Crippen LogP contribution in [0.15, 0.2) is 109 Å². The Bertz CT molecular complexity index is 1420. The van der Waals surface area contributed by atoms with Crippen molar-refractivity contribution in [2.24, 2.45) is 0 Å². The molecule has 69 heavy (non-hydrogen) atoms. The number of allylic oxidation sites excluding steroid dienone is 18. The third-order valence-corrected chi connectivity index (χ3v) is 11.7. The Morgan fingerprint density at radius 2 is 0.565 bits per heavy atom. The van der Waals surface area contributed by atoms with E-state index in [-0.39, 0.29) is 37.5 Å². The highest BCUT2D eigenvalue weighted by atomic mass is 16.6. The average molecular weight is 958 g/mol. The number of hydrogen-bond donors (Lipinski definition) is 0. The monoisotopic (exact) mass is 957 g/mol. The van der Waals surface area contributed by atoms with Crippen molar-refractivity contribution in [3.05, 3.63) is 109 Å². The SMILES string of the molecule is CC/C=C\C/C=C\C/C=C\C/C=C\CCCCC(=O)O[C@H](COC(=O)CCCCC/C=C\C/C=C\C/C=C\C/C=C\CCCCC)COC(=O)CCCCCCCCC/C=C\CCCCCCCC. The summed E-state index contributed by atoms with van der Waals surface area (Å²) in [6.07, 6.45) is 76.5. The first kappa shape index (κ1) is 65.1. The van der Waals surface area contributed by atoms with E-state index in [1.165, 1.54) is 103 Å². The Labute approximate surface area is 425 Å². The lowest BCUT2D eigenvalue weighted by Gasteiger charge is -2.18. The van der Waals surface area contributed by atoms with Crippen molar-refractivity contribution in [1.82, 2.24) is 0 Å². The molecule has 0 amide bonds. The van der Waals surface area contributed by atoms with Gasteiger partial charge in [-0.15, -0.1) is 0 Å². The van der Waals surface area contributed by atoms with E-state index < -0.39 is 6.10 Å². The van der Waals surface area contributed by atoms with Crippen LogP contribution in [0.1, 0.15) is 252 Å². The fourth-order valence-corrected chi connectivity index (χ4v) is 7.47. The van der Waals surface area contributed by atoms with Gasteiger partial charge in [-0.05, 0) is 128 Å². The lowest BCUT2D eigenvalue weighted by atomic mass is 10.1. The standard InChI is InChI=1S/C63H104O6/c1-4-7-10-13-16-19-22-25-28-30-31-33-36-38-41-44-47-50-53-56-62(65)68-59-60(69-63(66)57-54-51-48-45-42-39-34-27-24-21-18-15-12-9-6-3)58-67-61(64)55-52-49-46-43-40-37-35-32-29-26-23-20-17-14-11-8-5-2/h9,12,16,18-19,21,25-29,31,33-34,38,41-42,45,60H,4-8,10-11,13-15,17,20,22-24,30,32,35-37,39-40,43-44,46-59H2,1-3H3/b12-9-,19-16-,21-18-,28-25-,29-26-,33-31-,34-27-,41-38-,45-42-/t60-/m0/s1. The Morgan fingerprint density at radius 3 is 0.971 bits per heavy atom. The number of esters is 3. The summed E-state index contributed by atoms with van der Waals surface area (Å²) in [5.74, 6) is -0.987. The number of unbranched alkanes of at least 4 members (excludes halogenated alkanes) is 21. The Morgan fingerprint density at radius 1 is 0.304 bits per heavy atom. The molecule has 0 saturated carbocycles. The molecule has 0 saturated heterocycles. The summed E-state index contributed by atoms with van der Waals surface area (Å²) in [5, 5.41) is 0. The van der Waals surface area contributed by atoms with Crippen LogP contribution in [0.4, 0.5) is 0 Å². The van der Waals surface area contributed by atoms with Crippen LogP contribution in [0, 0.1) is 0 Å². The fraction of sp³-hybridized carbons (Fsp3) is 0.667. The van der Waals surface area contributed by atoms with Crippen LogP contribution in [0.3, 0.4) is 0 Å². The van der Waals surface area contributed by atoms with E-state index in [0.717, 1.165) is 103 Å². The molecule has 0 rings (SSSR count). The van der Waals surface area contributed by atoms with Crippen LogP contribution >= 0.6 is 0 Å². The van der Waals surface area contributed by atoms with Gasteiger partial charge in [0.15, 0.2) is 6.10 Å². The molecule has 392 valence electrons. The Kier molecular flexibility index (Phi) is 53.4. The smallest absolute Gasteiger partial charge is 0.306 e. The van der Waals surface area contributed by atoms with Gasteiger partial charge in [0.1, 0.15) is 13.2 Å². The van der Waals surface area contributed by atoms with Crippen molar-refractivity contribution in [2.45, 2.75) is 258 Å². The van der Waals surface area contributed by atoms with Gasteiger partial charge in [-0.1, -0.05) is 214 Å². The van der Waals surface area contributed by atoms with E-state index in [2.05, 4.69) is 130 Å². The second-order valence-electron chi connectivity index (χ2n) is 18.5. The zero-order valence-electron chi connectivity index (χ0n) is 44.8. The molecule has 0 aliphatic rings. The molecule has 0 radical (unpaired) electrons.